The van der Waals surface area contributed by atoms with E-state index in [9.17, 15) is 18.0 Å². The minimum atomic E-state index is -4.41. The van der Waals surface area contributed by atoms with E-state index in [1.807, 2.05) is 0 Å². The van der Waals surface area contributed by atoms with E-state index >= 15 is 0 Å². The van der Waals surface area contributed by atoms with E-state index in [-0.39, 0.29) is 29.3 Å². The molecule has 124 valence electrons. The highest BCUT2D eigenvalue weighted by atomic mass is 79.9. The number of primary amides is 1. The molecule has 0 fully saturated rings. The molecule has 0 aliphatic heterocycles. The third-order valence-corrected chi connectivity index (χ3v) is 3.92. The van der Waals surface area contributed by atoms with Crippen molar-refractivity contribution in [3.8, 4) is 0 Å². The van der Waals surface area contributed by atoms with Crippen LogP contribution in [-0.4, -0.2) is 28.3 Å². The van der Waals surface area contributed by atoms with Crippen LogP contribution >= 0.6 is 15.9 Å². The highest BCUT2D eigenvalue weighted by Gasteiger charge is 2.38. The molecule has 0 saturated heterocycles. The van der Waals surface area contributed by atoms with Crippen molar-refractivity contribution >= 4 is 40.1 Å². The number of hydrogen-bond acceptors (Lipinski definition) is 4. The van der Waals surface area contributed by atoms with Gasteiger partial charge in [0.1, 0.15) is 0 Å². The molecule has 5 N–H and O–H groups in total. The quantitative estimate of drug-likeness (QED) is 0.418. The molecule has 1 aliphatic rings. The van der Waals surface area contributed by atoms with Crippen LogP contribution in [0.15, 0.2) is 21.8 Å². The van der Waals surface area contributed by atoms with Crippen LogP contribution in [0.4, 0.5) is 19.1 Å². The molecule has 1 unspecified atom stereocenters. The van der Waals surface area contributed by atoms with Crippen molar-refractivity contribution in [3.05, 3.63) is 28.2 Å². The van der Waals surface area contributed by atoms with Crippen molar-refractivity contribution in [2.45, 2.75) is 24.3 Å². The third-order valence-electron chi connectivity index (χ3n) is 3.14. The summed E-state index contributed by atoms with van der Waals surface area (Å²) in [5, 5.41) is 0. The molecule has 0 spiro atoms. The number of imidazole rings is 1. The number of amides is 1. The highest BCUT2D eigenvalue weighted by Crippen LogP contribution is 2.43. The molecular weight excluding hydrogens is 379 g/mol. The van der Waals surface area contributed by atoms with Gasteiger partial charge in [0, 0.05) is 17.5 Å². The van der Waals surface area contributed by atoms with Gasteiger partial charge in [-0.3, -0.25) is 4.79 Å². The number of nitrogens with zero attached hydrogens (tertiary/aromatic N) is 2. The van der Waals surface area contributed by atoms with Gasteiger partial charge in [-0.15, -0.1) is 0 Å². The first-order chi connectivity index (χ1) is 10.6. The second-order valence-corrected chi connectivity index (χ2v) is 6.02. The van der Waals surface area contributed by atoms with E-state index in [2.05, 4.69) is 30.9 Å². The minimum Gasteiger partial charge on any atom is -0.402 e. The average Bonchev–Trinajstić information content (AvgIpc) is 2.80. The summed E-state index contributed by atoms with van der Waals surface area (Å²) in [7, 11) is 0. The fourth-order valence-electron chi connectivity index (χ4n) is 2.00. The largest absolute Gasteiger partial charge is 0.412 e. The van der Waals surface area contributed by atoms with Crippen molar-refractivity contribution in [2.75, 3.05) is 0 Å². The molecule has 0 bridgehead atoms. The number of carbonyl (C=O) groups is 1. The lowest BCUT2D eigenvalue weighted by Gasteiger charge is -2.19. The number of aromatic nitrogens is 2. The second kappa shape index (κ2) is 6.19. The lowest BCUT2D eigenvalue weighted by atomic mass is 10.00. The maximum absolute atomic E-state index is 12.8. The molecule has 23 heavy (non-hydrogen) atoms. The molecule has 1 aromatic heterocycles. The Kier molecular flexibility index (Phi) is 4.64. The van der Waals surface area contributed by atoms with E-state index in [4.69, 9.17) is 11.5 Å². The predicted molar refractivity (Wildman–Crippen MR) is 83.1 cm³/mol. The number of halogens is 4. The normalized spacial score (nSPS) is 19.3. The number of hydrogen-bond donors (Lipinski definition) is 3. The molecule has 2 rings (SSSR count). The summed E-state index contributed by atoms with van der Waals surface area (Å²) in [6.07, 6.45) is -2.53. The number of aliphatic imine (C=N–C) groups is 1. The lowest BCUT2D eigenvalue weighted by Crippen LogP contribution is -2.18. The average molecular weight is 392 g/mol. The van der Waals surface area contributed by atoms with Crippen molar-refractivity contribution in [2.24, 2.45) is 16.5 Å². The van der Waals surface area contributed by atoms with E-state index in [1.165, 1.54) is 6.92 Å². The Morgan fingerprint density at radius 3 is 2.70 bits per heavy atom. The molecule has 0 saturated carbocycles. The van der Waals surface area contributed by atoms with Crippen LogP contribution in [0.2, 0.25) is 0 Å². The monoisotopic (exact) mass is 391 g/mol. The van der Waals surface area contributed by atoms with Gasteiger partial charge in [0.15, 0.2) is 0 Å². The van der Waals surface area contributed by atoms with Gasteiger partial charge in [-0.2, -0.15) is 13.2 Å². The standard InChI is InChI=1S/C13H13BrF3N5O/c1-5(18)7(11(19)23)4-20-12-21-9-3-6(13(15,16)17)2-8(14)10(9)22-12/h3-4,8H,2,18H2,1H3,(H2,19,23)(H,21,22). The molecule has 1 amide bonds. The van der Waals surface area contributed by atoms with E-state index < -0.39 is 22.5 Å². The Morgan fingerprint density at radius 1 is 1.52 bits per heavy atom. The van der Waals surface area contributed by atoms with Gasteiger partial charge in [-0.25, -0.2) is 9.98 Å². The summed E-state index contributed by atoms with van der Waals surface area (Å²) < 4.78 is 38.5. The molecule has 0 aromatic carbocycles. The Balaban J connectivity index is 2.36. The van der Waals surface area contributed by atoms with Crippen molar-refractivity contribution in [1.82, 2.24) is 9.97 Å². The number of nitrogens with two attached hydrogens (primary N) is 2. The molecule has 0 radical (unpaired) electrons. The Labute approximate surface area is 137 Å². The van der Waals surface area contributed by atoms with Crippen molar-refractivity contribution < 1.29 is 18.0 Å². The topological polar surface area (TPSA) is 110 Å². The highest BCUT2D eigenvalue weighted by molar-refractivity contribution is 9.09. The Bertz CT molecular complexity index is 728. The lowest BCUT2D eigenvalue weighted by molar-refractivity contribution is -0.114. The van der Waals surface area contributed by atoms with Gasteiger partial charge >= 0.3 is 6.18 Å². The number of fused-ring (bicyclic) bond motifs is 1. The molecule has 1 aromatic rings. The Morgan fingerprint density at radius 2 is 2.17 bits per heavy atom. The van der Waals surface area contributed by atoms with Crippen LogP contribution < -0.4 is 11.5 Å². The third kappa shape index (κ3) is 3.81. The summed E-state index contributed by atoms with van der Waals surface area (Å²) in [5.41, 5.74) is 10.8. The maximum Gasteiger partial charge on any atom is 0.412 e. The molecular formula is C13H13BrF3N5O. The number of H-pyrrole nitrogens is 1. The van der Waals surface area contributed by atoms with Crippen molar-refractivity contribution in [1.29, 1.82) is 0 Å². The molecule has 1 aliphatic carbocycles. The van der Waals surface area contributed by atoms with Gasteiger partial charge in [-0.05, 0) is 19.4 Å². The first kappa shape index (κ1) is 17.3. The number of rotatable bonds is 3. The van der Waals surface area contributed by atoms with Crippen molar-refractivity contribution in [3.63, 3.8) is 0 Å². The van der Waals surface area contributed by atoms with Crippen LogP contribution in [-0.2, 0) is 4.79 Å². The molecule has 10 heteroatoms. The number of alkyl halides is 4. The fraction of sp³-hybridized carbons (Fsp3) is 0.308. The van der Waals surface area contributed by atoms with Crippen LogP contribution in [0.3, 0.4) is 0 Å². The number of nitrogens with one attached hydrogen (secondary N) is 1. The van der Waals surface area contributed by atoms with E-state index in [0.29, 0.717) is 5.69 Å². The zero-order chi connectivity index (χ0) is 17.4. The first-order valence-corrected chi connectivity index (χ1v) is 7.33. The van der Waals surface area contributed by atoms with Gasteiger partial charge in [0.05, 0.1) is 21.8 Å². The van der Waals surface area contributed by atoms with E-state index in [0.717, 1.165) is 12.3 Å². The maximum atomic E-state index is 12.8. The zero-order valence-electron chi connectivity index (χ0n) is 11.9. The SMILES string of the molecule is CC(N)=C(C=Nc1nc2c([nH]1)C(Br)CC(C(F)(F)F)=C2)C(N)=O. The predicted octanol–water partition coefficient (Wildman–Crippen LogP) is 2.62. The summed E-state index contributed by atoms with van der Waals surface area (Å²) in [6.45, 7) is 1.48. The van der Waals surface area contributed by atoms with E-state index in [1.54, 1.807) is 0 Å². The van der Waals surface area contributed by atoms with Gasteiger partial charge in [-0.1, -0.05) is 15.9 Å². The van der Waals surface area contributed by atoms with Gasteiger partial charge in [0.25, 0.3) is 5.91 Å². The Hall–Kier alpha value is -2.10. The second-order valence-electron chi connectivity index (χ2n) is 4.92. The summed E-state index contributed by atoms with van der Waals surface area (Å²) in [4.78, 5) is 21.3. The summed E-state index contributed by atoms with van der Waals surface area (Å²) >= 11 is 3.19. The fourth-order valence-corrected chi connectivity index (χ4v) is 2.70. The van der Waals surface area contributed by atoms with Crippen LogP contribution in [0, 0.1) is 0 Å². The zero-order valence-corrected chi connectivity index (χ0v) is 13.5. The van der Waals surface area contributed by atoms with Gasteiger partial charge in [0.2, 0.25) is 5.95 Å². The smallest absolute Gasteiger partial charge is 0.402 e. The molecule has 1 atom stereocenters. The first-order valence-electron chi connectivity index (χ1n) is 6.41. The van der Waals surface area contributed by atoms with Crippen LogP contribution in [0.1, 0.15) is 29.6 Å². The summed E-state index contributed by atoms with van der Waals surface area (Å²) in [6, 6.07) is 0. The minimum absolute atomic E-state index is 0.00119. The van der Waals surface area contributed by atoms with Crippen LogP contribution in [0.5, 0.6) is 0 Å². The number of aromatic amines is 1. The summed E-state index contributed by atoms with van der Waals surface area (Å²) in [5.74, 6) is -0.707. The van der Waals surface area contributed by atoms with Crippen LogP contribution in [0.25, 0.3) is 6.08 Å². The number of carbonyl (C=O) groups excluding carboxylic acids is 1. The van der Waals surface area contributed by atoms with Gasteiger partial charge < -0.3 is 16.5 Å². The number of allylic oxidation sites excluding steroid dienone is 2. The molecule has 6 nitrogen and oxygen atoms in total. The molecule has 1 heterocycles.